The first-order valence-corrected chi connectivity index (χ1v) is 6.83. The highest BCUT2D eigenvalue weighted by Gasteiger charge is 2.33. The predicted octanol–water partition coefficient (Wildman–Crippen LogP) is 4.73. The third kappa shape index (κ3) is 4.67. The first-order chi connectivity index (χ1) is 12.7. The van der Waals surface area contributed by atoms with Crippen LogP contribution in [0.25, 0.3) is 0 Å². The number of hydrogen-bond acceptors (Lipinski definition) is 5. The van der Waals surface area contributed by atoms with Crippen LogP contribution < -0.4 is 10.2 Å². The molecule has 0 saturated carbocycles. The molecule has 0 aliphatic carbocycles. The maximum Gasteiger partial charge on any atom is 0.416 e. The highest BCUT2D eigenvalue weighted by atomic mass is 19.4. The largest absolute Gasteiger partial charge is 0.451 e. The molecule has 0 bridgehead atoms. The Morgan fingerprint density at radius 1 is 0.963 bits per heavy atom. The zero-order valence-electron chi connectivity index (χ0n) is 12.9. The number of nitrogens with one attached hydrogen (secondary N) is 1. The summed E-state index contributed by atoms with van der Waals surface area (Å²) >= 11 is 0. The fourth-order valence-electron chi connectivity index (χ4n) is 1.78. The Hall–Kier alpha value is -3.73. The van der Waals surface area contributed by atoms with Gasteiger partial charge in [0.1, 0.15) is 23.7 Å². The average Bonchev–Trinajstić information content (AvgIpc) is 2.60. The van der Waals surface area contributed by atoms with Gasteiger partial charge in [0.2, 0.25) is 5.71 Å². The number of nitrogens with zero attached hydrogens (tertiary/aromatic N) is 3. The van der Waals surface area contributed by atoms with Gasteiger partial charge in [-0.3, -0.25) is 5.43 Å². The minimum Gasteiger partial charge on any atom is -0.451 e. The minimum atomic E-state index is -4.95. The van der Waals surface area contributed by atoms with E-state index in [-0.39, 0.29) is 17.9 Å². The van der Waals surface area contributed by atoms with Gasteiger partial charge in [-0.15, -0.1) is 0 Å². The van der Waals surface area contributed by atoms with Crippen molar-refractivity contribution in [1.82, 2.24) is 0 Å². The molecule has 0 amide bonds. The van der Waals surface area contributed by atoms with Gasteiger partial charge in [0.25, 0.3) is 0 Å². The quantitative estimate of drug-likeness (QED) is 0.469. The molecule has 11 heteroatoms. The Bertz CT molecular complexity index is 949. The third-order valence-electron chi connectivity index (χ3n) is 2.98. The van der Waals surface area contributed by atoms with Crippen molar-refractivity contribution in [3.05, 3.63) is 53.3 Å². The summed E-state index contributed by atoms with van der Waals surface area (Å²) in [6.07, 6.45) is -4.95. The maximum atomic E-state index is 13.8. The lowest BCUT2D eigenvalue weighted by Gasteiger charge is -2.12. The van der Waals surface area contributed by atoms with Gasteiger partial charge in [-0.1, -0.05) is 0 Å². The number of hydrogen-bond donors (Lipinski definition) is 1. The third-order valence-corrected chi connectivity index (χ3v) is 2.98. The normalized spacial score (nSPS) is 10.5. The summed E-state index contributed by atoms with van der Waals surface area (Å²) in [5.41, 5.74) is -0.528. The van der Waals surface area contributed by atoms with Crippen molar-refractivity contribution in [1.29, 1.82) is 10.5 Å². The van der Waals surface area contributed by atoms with Gasteiger partial charge in [-0.25, -0.2) is 13.2 Å². The zero-order valence-corrected chi connectivity index (χ0v) is 12.9. The number of ether oxygens (including phenoxy) is 1. The van der Waals surface area contributed by atoms with Crippen LogP contribution in [0.2, 0.25) is 0 Å². The fourth-order valence-corrected chi connectivity index (χ4v) is 1.78. The highest BCUT2D eigenvalue weighted by Crippen LogP contribution is 2.36. The van der Waals surface area contributed by atoms with Crippen LogP contribution in [0.3, 0.4) is 0 Å². The summed E-state index contributed by atoms with van der Waals surface area (Å²) in [6.45, 7) is 0. The van der Waals surface area contributed by atoms with Crippen LogP contribution in [0.1, 0.15) is 5.56 Å². The van der Waals surface area contributed by atoms with E-state index in [1.54, 1.807) is 0 Å². The molecular weight excluding hydrogens is 378 g/mol. The standard InChI is InChI=1S/C16H6F6N4O/c17-11-2-1-10(5-14(11)26-25-9(6-23)7-24)27-15-12(18)3-8(4-13(15)19)16(20,21)22/h1-5,26H. The molecule has 0 fully saturated rings. The van der Waals surface area contributed by atoms with Crippen LogP contribution >= 0.6 is 0 Å². The molecule has 0 heterocycles. The van der Waals surface area contributed by atoms with Gasteiger partial charge in [0.05, 0.1) is 11.3 Å². The Morgan fingerprint density at radius 3 is 2.07 bits per heavy atom. The van der Waals surface area contributed by atoms with E-state index in [4.69, 9.17) is 15.3 Å². The molecule has 0 unspecified atom stereocenters. The van der Waals surface area contributed by atoms with Gasteiger partial charge in [-0.05, 0) is 24.3 Å². The van der Waals surface area contributed by atoms with Gasteiger partial charge >= 0.3 is 6.18 Å². The molecule has 0 saturated heterocycles. The Labute approximate surface area is 147 Å². The summed E-state index contributed by atoms with van der Waals surface area (Å²) in [7, 11) is 0. The summed E-state index contributed by atoms with van der Waals surface area (Å²) in [5.74, 6) is -5.61. The maximum absolute atomic E-state index is 13.8. The van der Waals surface area contributed by atoms with Gasteiger partial charge in [0, 0.05) is 6.07 Å². The van der Waals surface area contributed by atoms with Gasteiger partial charge in [-0.2, -0.15) is 28.8 Å². The topological polar surface area (TPSA) is 81.2 Å². The summed E-state index contributed by atoms with van der Waals surface area (Å²) in [4.78, 5) is 0. The number of halogens is 6. The molecule has 2 aromatic rings. The predicted molar refractivity (Wildman–Crippen MR) is 80.1 cm³/mol. The van der Waals surface area contributed by atoms with Crippen LogP contribution in [0.5, 0.6) is 11.5 Å². The van der Waals surface area contributed by atoms with Crippen LogP contribution in [0, 0.1) is 40.1 Å². The molecule has 0 aromatic heterocycles. The molecule has 0 aliphatic heterocycles. The van der Waals surface area contributed by atoms with E-state index in [2.05, 4.69) is 10.5 Å². The molecule has 138 valence electrons. The molecular formula is C16H6F6N4O. The number of nitriles is 2. The van der Waals surface area contributed by atoms with Gasteiger partial charge < -0.3 is 4.74 Å². The van der Waals surface area contributed by atoms with E-state index in [9.17, 15) is 26.3 Å². The lowest BCUT2D eigenvalue weighted by Crippen LogP contribution is -2.07. The Morgan fingerprint density at radius 2 is 1.56 bits per heavy atom. The van der Waals surface area contributed by atoms with E-state index in [0.717, 1.165) is 18.2 Å². The van der Waals surface area contributed by atoms with E-state index in [0.29, 0.717) is 0 Å². The second kappa shape index (κ2) is 7.66. The lowest BCUT2D eigenvalue weighted by atomic mass is 10.2. The highest BCUT2D eigenvalue weighted by molar-refractivity contribution is 6.10. The van der Waals surface area contributed by atoms with Crippen LogP contribution in [0.15, 0.2) is 35.4 Å². The molecule has 0 atom stereocenters. The number of benzene rings is 2. The average molecular weight is 384 g/mol. The van der Waals surface area contributed by atoms with E-state index in [1.165, 1.54) is 12.1 Å². The number of rotatable bonds is 4. The summed E-state index contributed by atoms with van der Waals surface area (Å²) in [5, 5.41) is 20.4. The van der Waals surface area contributed by atoms with Crippen molar-refractivity contribution in [2.75, 3.05) is 5.43 Å². The number of alkyl halides is 3. The first kappa shape index (κ1) is 19.6. The van der Waals surface area contributed by atoms with Crippen LogP contribution in [0.4, 0.5) is 32.0 Å². The molecule has 2 aromatic carbocycles. The van der Waals surface area contributed by atoms with Crippen LogP contribution in [-0.2, 0) is 6.18 Å². The molecule has 1 N–H and O–H groups in total. The van der Waals surface area contributed by atoms with E-state index >= 15 is 0 Å². The van der Waals surface area contributed by atoms with Crippen molar-refractivity contribution < 1.29 is 31.1 Å². The van der Waals surface area contributed by atoms with Crippen molar-refractivity contribution in [3.8, 4) is 23.6 Å². The van der Waals surface area contributed by atoms with Crippen LogP contribution in [-0.4, -0.2) is 5.71 Å². The summed E-state index contributed by atoms with van der Waals surface area (Å²) in [6, 6.07) is 5.57. The SMILES string of the molecule is N#CC(C#N)=NNc1cc(Oc2c(F)cc(C(F)(F)F)cc2F)ccc1F. The number of anilines is 1. The van der Waals surface area contributed by atoms with E-state index in [1.807, 2.05) is 0 Å². The summed E-state index contributed by atoms with van der Waals surface area (Å²) < 4.78 is 83.7. The second-order valence-electron chi connectivity index (χ2n) is 4.81. The zero-order chi connectivity index (χ0) is 20.2. The smallest absolute Gasteiger partial charge is 0.416 e. The molecule has 2 rings (SSSR count). The van der Waals surface area contributed by atoms with Crippen molar-refractivity contribution in [2.24, 2.45) is 5.10 Å². The molecule has 0 aliphatic rings. The first-order valence-electron chi connectivity index (χ1n) is 6.83. The molecule has 5 nitrogen and oxygen atoms in total. The monoisotopic (exact) mass is 384 g/mol. The molecule has 27 heavy (non-hydrogen) atoms. The minimum absolute atomic E-state index is 0.0531. The molecule has 0 spiro atoms. The molecule has 0 radical (unpaired) electrons. The Balaban J connectivity index is 2.34. The van der Waals surface area contributed by atoms with Gasteiger partial charge in [0.15, 0.2) is 17.4 Å². The van der Waals surface area contributed by atoms with Crippen molar-refractivity contribution in [2.45, 2.75) is 6.18 Å². The second-order valence-corrected chi connectivity index (χ2v) is 4.81. The van der Waals surface area contributed by atoms with Crippen molar-refractivity contribution >= 4 is 11.4 Å². The lowest BCUT2D eigenvalue weighted by molar-refractivity contribution is -0.138. The van der Waals surface area contributed by atoms with E-state index < -0.39 is 46.3 Å². The fraction of sp³-hybridized carbons (Fsp3) is 0.0625. The number of hydrazone groups is 1. The Kier molecular flexibility index (Phi) is 5.56. The van der Waals surface area contributed by atoms with Crippen molar-refractivity contribution in [3.63, 3.8) is 0 Å².